The summed E-state index contributed by atoms with van der Waals surface area (Å²) in [6.07, 6.45) is 1.24. The van der Waals surface area contributed by atoms with E-state index in [9.17, 15) is 9.90 Å². The van der Waals surface area contributed by atoms with Gasteiger partial charge in [-0.2, -0.15) is 4.98 Å². The lowest BCUT2D eigenvalue weighted by Crippen LogP contribution is -2.07. The molecule has 1 aromatic carbocycles. The minimum Gasteiger partial charge on any atom is -0.506 e. The van der Waals surface area contributed by atoms with Crippen molar-refractivity contribution in [3.63, 3.8) is 0 Å². The molecule has 0 saturated heterocycles. The van der Waals surface area contributed by atoms with Crippen LogP contribution in [-0.4, -0.2) is 21.5 Å². The second kappa shape index (κ2) is 5.20. The van der Waals surface area contributed by atoms with Crippen LogP contribution < -0.4 is 5.63 Å². The predicted molar refractivity (Wildman–Crippen MR) is 74.5 cm³/mol. The van der Waals surface area contributed by atoms with Gasteiger partial charge in [-0.15, -0.1) is 0 Å². The summed E-state index contributed by atoms with van der Waals surface area (Å²) in [5.74, 6) is 0.675. The third-order valence-electron chi connectivity index (χ3n) is 2.84. The van der Waals surface area contributed by atoms with Crippen molar-refractivity contribution < 1.29 is 14.0 Å². The molecule has 0 saturated carbocycles. The van der Waals surface area contributed by atoms with Crippen molar-refractivity contribution in [2.45, 2.75) is 13.5 Å². The molecule has 21 heavy (non-hydrogen) atoms. The summed E-state index contributed by atoms with van der Waals surface area (Å²) in [6.45, 7) is 1.81. The van der Waals surface area contributed by atoms with Gasteiger partial charge in [-0.25, -0.2) is 4.79 Å². The van der Waals surface area contributed by atoms with Crippen LogP contribution in [0.2, 0.25) is 0 Å². The fourth-order valence-electron chi connectivity index (χ4n) is 1.88. The van der Waals surface area contributed by atoms with Gasteiger partial charge >= 0.3 is 5.63 Å². The maximum absolute atomic E-state index is 11.8. The molecule has 0 aliphatic heterocycles. The number of para-hydroxylation sites is 1. The second-order valence-corrected chi connectivity index (χ2v) is 4.35. The molecular weight excluding hydrogens is 274 g/mol. The number of rotatable bonds is 3. The average Bonchev–Trinajstić information content (AvgIpc) is 2.88. The molecule has 0 spiro atoms. The minimum atomic E-state index is -0.656. The Morgan fingerprint density at radius 1 is 1.38 bits per heavy atom. The fourth-order valence-corrected chi connectivity index (χ4v) is 1.88. The normalized spacial score (nSPS) is 11.5. The Morgan fingerprint density at radius 2 is 2.19 bits per heavy atom. The zero-order chi connectivity index (χ0) is 14.8. The number of aromatic hydroxyl groups is 1. The van der Waals surface area contributed by atoms with Crippen molar-refractivity contribution in [3.05, 3.63) is 52.0 Å². The monoisotopic (exact) mass is 285 g/mol. The Hall–Kier alpha value is -2.96. The van der Waals surface area contributed by atoms with Gasteiger partial charge in [-0.05, 0) is 19.1 Å². The highest BCUT2D eigenvalue weighted by Gasteiger charge is 2.11. The van der Waals surface area contributed by atoms with Crippen LogP contribution in [0.3, 0.4) is 0 Å². The third kappa shape index (κ3) is 2.53. The lowest BCUT2D eigenvalue weighted by molar-refractivity contribution is 0.377. The van der Waals surface area contributed by atoms with Crippen molar-refractivity contribution in [1.82, 2.24) is 10.1 Å². The van der Waals surface area contributed by atoms with E-state index in [-0.39, 0.29) is 17.9 Å². The lowest BCUT2D eigenvalue weighted by Gasteiger charge is -2.01. The van der Waals surface area contributed by atoms with Gasteiger partial charge in [0.2, 0.25) is 5.89 Å². The zero-order valence-corrected chi connectivity index (χ0v) is 11.1. The molecule has 0 aliphatic rings. The van der Waals surface area contributed by atoms with E-state index in [2.05, 4.69) is 15.1 Å². The number of nitrogens with zero attached hydrogens (tertiary/aromatic N) is 3. The molecule has 2 heterocycles. The zero-order valence-electron chi connectivity index (χ0n) is 11.1. The molecule has 7 heteroatoms. The van der Waals surface area contributed by atoms with E-state index in [1.54, 1.807) is 31.2 Å². The van der Waals surface area contributed by atoms with Gasteiger partial charge in [-0.3, -0.25) is 4.99 Å². The fraction of sp³-hybridized carbons (Fsp3) is 0.143. The minimum absolute atomic E-state index is 0.00932. The molecule has 2 aromatic heterocycles. The van der Waals surface area contributed by atoms with Gasteiger partial charge in [0.25, 0.3) is 0 Å². The largest absolute Gasteiger partial charge is 0.506 e. The molecule has 0 aliphatic carbocycles. The summed E-state index contributed by atoms with van der Waals surface area (Å²) in [4.78, 5) is 19.8. The first-order chi connectivity index (χ1) is 10.1. The van der Waals surface area contributed by atoms with E-state index in [1.165, 1.54) is 6.21 Å². The third-order valence-corrected chi connectivity index (χ3v) is 2.84. The maximum Gasteiger partial charge on any atom is 0.348 e. The molecule has 3 aromatic rings. The highest BCUT2D eigenvalue weighted by atomic mass is 16.5. The second-order valence-electron chi connectivity index (χ2n) is 4.35. The maximum atomic E-state index is 11.8. The molecule has 0 fully saturated rings. The number of aromatic nitrogens is 2. The van der Waals surface area contributed by atoms with Gasteiger partial charge < -0.3 is 14.0 Å². The quantitative estimate of drug-likeness (QED) is 0.581. The van der Waals surface area contributed by atoms with Gasteiger partial charge in [0.15, 0.2) is 5.82 Å². The van der Waals surface area contributed by atoms with Crippen LogP contribution in [0.25, 0.3) is 11.0 Å². The van der Waals surface area contributed by atoms with Crippen molar-refractivity contribution in [1.29, 1.82) is 0 Å². The molecule has 0 amide bonds. The van der Waals surface area contributed by atoms with Crippen LogP contribution in [0.5, 0.6) is 5.75 Å². The van der Waals surface area contributed by atoms with E-state index in [1.807, 2.05) is 0 Å². The molecule has 0 bridgehead atoms. The molecular formula is C14H11N3O4. The van der Waals surface area contributed by atoms with Gasteiger partial charge in [0.05, 0.1) is 5.39 Å². The van der Waals surface area contributed by atoms with E-state index >= 15 is 0 Å². The molecule has 0 unspecified atom stereocenters. The van der Waals surface area contributed by atoms with E-state index in [0.29, 0.717) is 22.7 Å². The number of benzene rings is 1. The molecule has 7 nitrogen and oxygen atoms in total. The van der Waals surface area contributed by atoms with Gasteiger partial charge in [0.1, 0.15) is 23.4 Å². The summed E-state index contributed by atoms with van der Waals surface area (Å²) in [6, 6.07) is 6.73. The van der Waals surface area contributed by atoms with E-state index in [4.69, 9.17) is 8.94 Å². The Balaban J connectivity index is 1.95. The molecule has 1 N–H and O–H groups in total. The number of aryl methyl sites for hydroxylation is 1. The van der Waals surface area contributed by atoms with Crippen LogP contribution in [0.4, 0.5) is 0 Å². The van der Waals surface area contributed by atoms with Gasteiger partial charge in [0, 0.05) is 6.21 Å². The van der Waals surface area contributed by atoms with Crippen molar-refractivity contribution in [2.75, 3.05) is 0 Å². The Labute approximate surface area is 118 Å². The SMILES string of the molecule is Cc1noc(CN=Cc2c(O)c3ccccc3oc2=O)n1. The highest BCUT2D eigenvalue weighted by Crippen LogP contribution is 2.24. The first-order valence-corrected chi connectivity index (χ1v) is 6.19. The first-order valence-electron chi connectivity index (χ1n) is 6.19. The Bertz CT molecular complexity index is 879. The van der Waals surface area contributed by atoms with E-state index < -0.39 is 5.63 Å². The standard InChI is InChI=1S/C14H11N3O4/c1-8-16-12(21-17-8)7-15-6-10-13(18)9-4-2-3-5-11(9)20-14(10)19/h2-6,18H,7H2,1H3. The molecule has 3 rings (SSSR count). The van der Waals surface area contributed by atoms with Gasteiger partial charge in [-0.1, -0.05) is 17.3 Å². The summed E-state index contributed by atoms with van der Waals surface area (Å²) < 4.78 is 10.0. The first kappa shape index (κ1) is 13.0. The predicted octanol–water partition coefficient (Wildman–Crippen LogP) is 1.81. The summed E-state index contributed by atoms with van der Waals surface area (Å²) in [5.41, 5.74) is -0.341. The number of hydrogen-bond acceptors (Lipinski definition) is 7. The summed E-state index contributed by atoms with van der Waals surface area (Å²) in [5, 5.41) is 14.2. The topological polar surface area (TPSA) is 102 Å². The highest BCUT2D eigenvalue weighted by molar-refractivity contribution is 5.93. The summed E-state index contributed by atoms with van der Waals surface area (Å²) in [7, 11) is 0. The van der Waals surface area contributed by atoms with Crippen LogP contribution in [0, 0.1) is 6.92 Å². The van der Waals surface area contributed by atoms with Crippen molar-refractivity contribution >= 4 is 17.2 Å². The molecule has 106 valence electrons. The van der Waals surface area contributed by atoms with Crippen molar-refractivity contribution in [3.8, 4) is 5.75 Å². The van der Waals surface area contributed by atoms with Crippen LogP contribution in [-0.2, 0) is 6.54 Å². The Kier molecular flexibility index (Phi) is 3.23. The number of hydrogen-bond donors (Lipinski definition) is 1. The molecule has 0 radical (unpaired) electrons. The average molecular weight is 285 g/mol. The van der Waals surface area contributed by atoms with Crippen LogP contribution >= 0.6 is 0 Å². The van der Waals surface area contributed by atoms with Crippen LogP contribution in [0.15, 0.2) is 43.0 Å². The molecule has 0 atom stereocenters. The van der Waals surface area contributed by atoms with Crippen molar-refractivity contribution in [2.24, 2.45) is 4.99 Å². The number of fused-ring (bicyclic) bond motifs is 1. The number of aliphatic imine (C=N–C) groups is 1. The lowest BCUT2D eigenvalue weighted by atomic mass is 10.1. The van der Waals surface area contributed by atoms with E-state index in [0.717, 1.165) is 0 Å². The van der Waals surface area contributed by atoms with Crippen LogP contribution in [0.1, 0.15) is 17.3 Å². The smallest absolute Gasteiger partial charge is 0.348 e. The Morgan fingerprint density at radius 3 is 2.95 bits per heavy atom. The summed E-state index contributed by atoms with van der Waals surface area (Å²) >= 11 is 0.